The summed E-state index contributed by atoms with van der Waals surface area (Å²) in [7, 11) is 5.19. The smallest absolute Gasteiger partial charge is 0.426 e. The van der Waals surface area contributed by atoms with Gasteiger partial charge in [0.2, 0.25) is 0 Å². The number of rotatable bonds is 4. The van der Waals surface area contributed by atoms with Crippen LogP contribution >= 0.6 is 0 Å². The van der Waals surface area contributed by atoms with Crippen molar-refractivity contribution in [3.8, 4) is 11.5 Å². The zero-order chi connectivity index (χ0) is 19.5. The Kier molecular flexibility index (Phi) is 5.65. The van der Waals surface area contributed by atoms with Gasteiger partial charge in [-0.3, -0.25) is 10.2 Å². The van der Waals surface area contributed by atoms with Crippen molar-refractivity contribution < 1.29 is 28.3 Å². The molecule has 1 aliphatic rings. The van der Waals surface area contributed by atoms with Gasteiger partial charge in [0.15, 0.2) is 18.0 Å². The number of benzene rings is 1. The molecule has 8 nitrogen and oxygen atoms in total. The first-order valence-corrected chi connectivity index (χ1v) is 8.40. The standard InChI is InChI=1S/C18H27N3O5/c1-18(2,3)26-17(23)20-19-16(22)11-21(4)9-12-7-14(24-5)15(25-6)8-13(12)10-21/h7-8H,9-11H2,1-6H3,(H-,19,20,22,23)/p+1. The van der Waals surface area contributed by atoms with Crippen LogP contribution in [0.2, 0.25) is 0 Å². The molecule has 1 aromatic carbocycles. The van der Waals surface area contributed by atoms with Gasteiger partial charge >= 0.3 is 6.09 Å². The summed E-state index contributed by atoms with van der Waals surface area (Å²) in [6.45, 7) is 6.86. The number of quaternary nitrogens is 1. The molecular formula is C18H28N3O5+. The lowest BCUT2D eigenvalue weighted by atomic mass is 10.1. The molecule has 0 fully saturated rings. The van der Waals surface area contributed by atoms with Crippen LogP contribution < -0.4 is 20.3 Å². The van der Waals surface area contributed by atoms with Crippen molar-refractivity contribution in [2.24, 2.45) is 0 Å². The molecule has 2 rings (SSSR count). The second kappa shape index (κ2) is 7.41. The minimum absolute atomic E-state index is 0.217. The number of fused-ring (bicyclic) bond motifs is 1. The average molecular weight is 366 g/mol. The van der Waals surface area contributed by atoms with Gasteiger partial charge in [-0.15, -0.1) is 0 Å². The first-order chi connectivity index (χ1) is 12.0. The topological polar surface area (TPSA) is 85.9 Å². The Balaban J connectivity index is 1.95. The maximum Gasteiger partial charge on any atom is 0.426 e. The number of methoxy groups -OCH3 is 2. The second-order valence-corrected chi connectivity index (χ2v) is 7.74. The molecule has 0 aliphatic carbocycles. The highest BCUT2D eigenvalue weighted by Crippen LogP contribution is 2.37. The van der Waals surface area contributed by atoms with Gasteiger partial charge in [0.05, 0.1) is 21.3 Å². The van der Waals surface area contributed by atoms with E-state index >= 15 is 0 Å². The molecule has 8 heteroatoms. The van der Waals surface area contributed by atoms with Crippen molar-refractivity contribution in [3.05, 3.63) is 23.3 Å². The molecule has 0 radical (unpaired) electrons. The number of nitrogens with zero attached hydrogens (tertiary/aromatic N) is 1. The highest BCUT2D eigenvalue weighted by Gasteiger charge is 2.35. The SMILES string of the molecule is COc1cc2c(cc1OC)C[N+](C)(CC(=O)NNC(=O)OC(C)(C)C)C2. The summed E-state index contributed by atoms with van der Waals surface area (Å²) in [6, 6.07) is 3.91. The summed E-state index contributed by atoms with van der Waals surface area (Å²) >= 11 is 0. The van der Waals surface area contributed by atoms with Crippen LogP contribution in [-0.2, 0) is 22.6 Å². The Labute approximate surface area is 154 Å². The number of hydrogen-bond donors (Lipinski definition) is 2. The Morgan fingerprint density at radius 2 is 1.54 bits per heavy atom. The van der Waals surface area contributed by atoms with E-state index in [9.17, 15) is 9.59 Å². The molecule has 0 saturated carbocycles. The summed E-state index contributed by atoms with van der Waals surface area (Å²) in [5, 5.41) is 0. The van der Waals surface area contributed by atoms with E-state index in [1.807, 2.05) is 19.2 Å². The minimum Gasteiger partial charge on any atom is -0.493 e. The van der Waals surface area contributed by atoms with Gasteiger partial charge in [0.1, 0.15) is 18.7 Å². The van der Waals surface area contributed by atoms with Crippen molar-refractivity contribution >= 4 is 12.0 Å². The summed E-state index contributed by atoms with van der Waals surface area (Å²) in [4.78, 5) is 23.8. The molecular weight excluding hydrogens is 338 g/mol. The Hall–Kier alpha value is -2.48. The molecule has 0 atom stereocenters. The van der Waals surface area contributed by atoms with Gasteiger partial charge in [-0.2, -0.15) is 0 Å². The van der Waals surface area contributed by atoms with E-state index in [0.717, 1.165) is 11.1 Å². The fourth-order valence-electron chi connectivity index (χ4n) is 3.06. The van der Waals surface area contributed by atoms with Crippen molar-refractivity contribution in [1.82, 2.24) is 10.9 Å². The van der Waals surface area contributed by atoms with E-state index in [1.54, 1.807) is 35.0 Å². The lowest BCUT2D eigenvalue weighted by Crippen LogP contribution is -2.51. The molecule has 1 aromatic rings. The maximum atomic E-state index is 12.2. The number of nitrogens with one attached hydrogen (secondary N) is 2. The first kappa shape index (κ1) is 19.8. The molecule has 0 aromatic heterocycles. The predicted molar refractivity (Wildman–Crippen MR) is 95.5 cm³/mol. The Morgan fingerprint density at radius 1 is 1.04 bits per heavy atom. The Bertz CT molecular complexity index is 664. The molecule has 0 unspecified atom stereocenters. The van der Waals surface area contributed by atoms with E-state index in [1.165, 1.54) is 0 Å². The lowest BCUT2D eigenvalue weighted by Gasteiger charge is -2.28. The fourth-order valence-corrected chi connectivity index (χ4v) is 3.06. The number of carbonyl (C=O) groups excluding carboxylic acids is 2. The quantitative estimate of drug-likeness (QED) is 0.626. The van der Waals surface area contributed by atoms with E-state index in [2.05, 4.69) is 10.9 Å². The van der Waals surface area contributed by atoms with Crippen LogP contribution in [0.25, 0.3) is 0 Å². The molecule has 0 spiro atoms. The van der Waals surface area contributed by atoms with Gasteiger partial charge in [-0.05, 0) is 32.9 Å². The molecule has 2 N–H and O–H groups in total. The van der Waals surface area contributed by atoms with E-state index in [0.29, 0.717) is 29.1 Å². The fraction of sp³-hybridized carbons (Fsp3) is 0.556. The zero-order valence-electron chi connectivity index (χ0n) is 16.3. The van der Waals surface area contributed by atoms with Crippen LogP contribution in [0.4, 0.5) is 4.79 Å². The highest BCUT2D eigenvalue weighted by atomic mass is 16.6. The summed E-state index contributed by atoms with van der Waals surface area (Å²) < 4.78 is 16.3. The largest absolute Gasteiger partial charge is 0.493 e. The summed E-state index contributed by atoms with van der Waals surface area (Å²) in [6.07, 6.45) is -0.687. The lowest BCUT2D eigenvalue weighted by molar-refractivity contribution is -0.921. The van der Waals surface area contributed by atoms with Crippen molar-refractivity contribution in [2.45, 2.75) is 39.5 Å². The Morgan fingerprint density at radius 3 is 1.96 bits per heavy atom. The second-order valence-electron chi connectivity index (χ2n) is 7.74. The van der Waals surface area contributed by atoms with E-state index in [4.69, 9.17) is 14.2 Å². The van der Waals surface area contributed by atoms with Crippen molar-refractivity contribution in [2.75, 3.05) is 27.8 Å². The van der Waals surface area contributed by atoms with Crippen LogP contribution in [0.15, 0.2) is 12.1 Å². The highest BCUT2D eigenvalue weighted by molar-refractivity contribution is 5.80. The molecule has 0 saturated heterocycles. The molecule has 1 aliphatic heterocycles. The summed E-state index contributed by atoms with van der Waals surface area (Å²) in [5.41, 5.74) is 6.30. The third-order valence-corrected chi connectivity index (χ3v) is 4.04. The van der Waals surface area contributed by atoms with Gasteiger partial charge < -0.3 is 18.7 Å². The average Bonchev–Trinajstić information content (AvgIpc) is 2.84. The van der Waals surface area contributed by atoms with Crippen LogP contribution in [0, 0.1) is 0 Å². The predicted octanol–water partition coefficient (Wildman–Crippen LogP) is 1.72. The van der Waals surface area contributed by atoms with Gasteiger partial charge in [-0.1, -0.05) is 0 Å². The first-order valence-electron chi connectivity index (χ1n) is 8.40. The number of amides is 2. The monoisotopic (exact) mass is 366 g/mol. The number of hydrogen-bond acceptors (Lipinski definition) is 5. The number of carbonyl (C=O) groups is 2. The molecule has 26 heavy (non-hydrogen) atoms. The molecule has 144 valence electrons. The van der Waals surface area contributed by atoms with Crippen LogP contribution in [0.1, 0.15) is 31.9 Å². The summed E-state index contributed by atoms with van der Waals surface area (Å²) in [5.74, 6) is 1.07. The number of hydrazine groups is 1. The molecule has 2 amide bonds. The number of likely N-dealkylation sites (N-methyl/N-ethyl adjacent to an activating group) is 1. The van der Waals surface area contributed by atoms with Gasteiger partial charge in [-0.25, -0.2) is 10.2 Å². The zero-order valence-corrected chi connectivity index (χ0v) is 16.3. The molecule has 0 bridgehead atoms. The van der Waals surface area contributed by atoms with Crippen molar-refractivity contribution in [1.29, 1.82) is 0 Å². The van der Waals surface area contributed by atoms with E-state index in [-0.39, 0.29) is 12.5 Å². The van der Waals surface area contributed by atoms with Crippen LogP contribution in [0.5, 0.6) is 11.5 Å². The number of ether oxygens (including phenoxy) is 3. The normalized spacial score (nSPS) is 15.0. The molecule has 1 heterocycles. The van der Waals surface area contributed by atoms with Crippen molar-refractivity contribution in [3.63, 3.8) is 0 Å². The minimum atomic E-state index is -0.687. The third-order valence-electron chi connectivity index (χ3n) is 4.04. The third kappa shape index (κ3) is 5.01. The van der Waals surface area contributed by atoms with Crippen LogP contribution in [0.3, 0.4) is 0 Å². The maximum absolute atomic E-state index is 12.2. The van der Waals surface area contributed by atoms with Crippen LogP contribution in [-0.4, -0.2) is 49.9 Å². The van der Waals surface area contributed by atoms with Gasteiger partial charge in [0, 0.05) is 11.1 Å². The van der Waals surface area contributed by atoms with Gasteiger partial charge in [0.25, 0.3) is 5.91 Å². The van der Waals surface area contributed by atoms with E-state index < -0.39 is 11.7 Å².